The molecule has 0 amide bonds. The van der Waals surface area contributed by atoms with Crippen molar-refractivity contribution in [2.24, 2.45) is 11.1 Å². The minimum atomic E-state index is -3.34. The molecule has 0 aromatic heterocycles. The molecule has 1 unspecified atom stereocenters. The van der Waals surface area contributed by atoms with Crippen LogP contribution in [0.1, 0.15) is 13.3 Å². The lowest BCUT2D eigenvalue weighted by atomic mass is 10.1. The van der Waals surface area contributed by atoms with Gasteiger partial charge in [0.25, 0.3) is 0 Å². The number of primary sulfonamides is 1. The van der Waals surface area contributed by atoms with Gasteiger partial charge >= 0.3 is 0 Å². The van der Waals surface area contributed by atoms with Gasteiger partial charge in [0.05, 0.1) is 12.4 Å². The first-order valence-corrected chi connectivity index (χ1v) is 5.20. The Kier molecular flexibility index (Phi) is 4.63. The maximum Gasteiger partial charge on any atom is 0.209 e. The van der Waals surface area contributed by atoms with Gasteiger partial charge in [-0.25, -0.2) is 13.6 Å². The number of hydrogen-bond donors (Lipinski definition) is 1. The fraction of sp³-hybridized carbons (Fsp3) is 1.00. The molecule has 0 saturated carbocycles. The highest BCUT2D eigenvalue weighted by atomic mass is 32.2. The quantitative estimate of drug-likeness (QED) is 0.646. The van der Waals surface area contributed by atoms with E-state index in [0.717, 1.165) is 6.42 Å². The van der Waals surface area contributed by atoms with Crippen molar-refractivity contribution in [2.45, 2.75) is 13.3 Å². The molecule has 2 N–H and O–H groups in total. The molecule has 1 atom stereocenters. The van der Waals surface area contributed by atoms with E-state index in [4.69, 9.17) is 9.88 Å². The first-order valence-electron chi connectivity index (χ1n) is 3.49. The molecule has 0 rings (SSSR count). The van der Waals surface area contributed by atoms with Crippen molar-refractivity contribution in [3.63, 3.8) is 0 Å². The van der Waals surface area contributed by atoms with Crippen LogP contribution in [-0.2, 0) is 14.8 Å². The molecule has 0 fully saturated rings. The van der Waals surface area contributed by atoms with Gasteiger partial charge in [0, 0.05) is 7.11 Å². The average molecular weight is 181 g/mol. The van der Waals surface area contributed by atoms with E-state index in [9.17, 15) is 8.42 Å². The highest BCUT2D eigenvalue weighted by molar-refractivity contribution is 7.89. The normalized spacial score (nSPS) is 14.8. The zero-order valence-corrected chi connectivity index (χ0v) is 7.73. The highest BCUT2D eigenvalue weighted by Gasteiger charge is 2.13. The summed E-state index contributed by atoms with van der Waals surface area (Å²) in [5, 5.41) is 4.86. The number of sulfonamides is 1. The van der Waals surface area contributed by atoms with Crippen LogP contribution < -0.4 is 5.14 Å². The van der Waals surface area contributed by atoms with E-state index in [0.29, 0.717) is 6.61 Å². The number of methoxy groups -OCH3 is 1. The molecule has 0 bridgehead atoms. The van der Waals surface area contributed by atoms with Gasteiger partial charge in [-0.05, 0) is 5.92 Å². The summed E-state index contributed by atoms with van der Waals surface area (Å²) in [7, 11) is -1.79. The predicted octanol–water partition coefficient (Wildman–Crippen LogP) is -0.0525. The lowest BCUT2D eigenvalue weighted by Gasteiger charge is -2.10. The largest absolute Gasteiger partial charge is 0.384 e. The smallest absolute Gasteiger partial charge is 0.209 e. The van der Waals surface area contributed by atoms with Crippen LogP contribution in [0, 0.1) is 5.92 Å². The molecule has 4 nitrogen and oxygen atoms in total. The number of ether oxygens (including phenoxy) is 1. The summed E-state index contributed by atoms with van der Waals surface area (Å²) in [5.41, 5.74) is 0. The van der Waals surface area contributed by atoms with Gasteiger partial charge in [-0.3, -0.25) is 0 Å². The maximum absolute atomic E-state index is 10.6. The van der Waals surface area contributed by atoms with E-state index in [1.807, 2.05) is 6.92 Å². The Morgan fingerprint density at radius 3 is 2.36 bits per heavy atom. The van der Waals surface area contributed by atoms with Crippen molar-refractivity contribution in [1.82, 2.24) is 0 Å². The Balaban J connectivity index is 3.88. The monoisotopic (exact) mass is 181 g/mol. The van der Waals surface area contributed by atoms with E-state index in [-0.39, 0.29) is 11.7 Å². The minimum absolute atomic E-state index is 0.0112. The predicted molar refractivity (Wildman–Crippen MR) is 43.6 cm³/mol. The van der Waals surface area contributed by atoms with Crippen molar-refractivity contribution in [3.8, 4) is 0 Å². The number of hydrogen-bond acceptors (Lipinski definition) is 3. The maximum atomic E-state index is 10.6. The van der Waals surface area contributed by atoms with Crippen molar-refractivity contribution in [3.05, 3.63) is 0 Å². The van der Waals surface area contributed by atoms with E-state index in [2.05, 4.69) is 0 Å². The van der Waals surface area contributed by atoms with Gasteiger partial charge in [0.15, 0.2) is 0 Å². The Morgan fingerprint density at radius 2 is 2.09 bits per heavy atom. The van der Waals surface area contributed by atoms with E-state index < -0.39 is 10.0 Å². The second-order valence-electron chi connectivity index (χ2n) is 2.56. The van der Waals surface area contributed by atoms with Crippen molar-refractivity contribution >= 4 is 10.0 Å². The third kappa shape index (κ3) is 6.28. The zero-order chi connectivity index (χ0) is 8.91. The molecule has 0 aromatic rings. The second kappa shape index (κ2) is 4.69. The Morgan fingerprint density at radius 1 is 1.55 bits per heavy atom. The first-order chi connectivity index (χ1) is 4.99. The fourth-order valence-corrected chi connectivity index (χ4v) is 1.84. The van der Waals surface area contributed by atoms with Crippen LogP contribution in [0.25, 0.3) is 0 Å². The molecule has 0 aliphatic rings. The van der Waals surface area contributed by atoms with Crippen LogP contribution in [0.15, 0.2) is 0 Å². The molecule has 0 aromatic carbocycles. The number of nitrogens with two attached hydrogens (primary N) is 1. The first kappa shape index (κ1) is 10.9. The van der Waals surface area contributed by atoms with Crippen LogP contribution in [0.3, 0.4) is 0 Å². The summed E-state index contributed by atoms with van der Waals surface area (Å²) in [5.74, 6) is 0.0344. The molecule has 11 heavy (non-hydrogen) atoms. The van der Waals surface area contributed by atoms with E-state index in [1.54, 1.807) is 7.11 Å². The van der Waals surface area contributed by atoms with Gasteiger partial charge < -0.3 is 4.74 Å². The highest BCUT2D eigenvalue weighted by Crippen LogP contribution is 2.04. The van der Waals surface area contributed by atoms with Crippen molar-refractivity contribution in [2.75, 3.05) is 19.5 Å². The molecule has 5 heteroatoms. The fourth-order valence-electron chi connectivity index (χ4n) is 0.848. The van der Waals surface area contributed by atoms with Gasteiger partial charge in [-0.15, -0.1) is 0 Å². The number of rotatable bonds is 5. The lowest BCUT2D eigenvalue weighted by molar-refractivity contribution is 0.159. The molecule has 0 radical (unpaired) electrons. The molecule has 0 spiro atoms. The van der Waals surface area contributed by atoms with Crippen LogP contribution in [-0.4, -0.2) is 27.9 Å². The SMILES string of the molecule is CCC(COC)CS(N)(=O)=O. The van der Waals surface area contributed by atoms with E-state index >= 15 is 0 Å². The standard InChI is InChI=1S/C6H15NO3S/c1-3-6(4-10-2)5-11(7,8)9/h6H,3-5H2,1-2H3,(H2,7,8,9). The Bertz CT molecular complexity index is 188. The van der Waals surface area contributed by atoms with Gasteiger partial charge in [-0.1, -0.05) is 13.3 Å². The van der Waals surface area contributed by atoms with E-state index in [1.165, 1.54) is 0 Å². The molecular weight excluding hydrogens is 166 g/mol. The summed E-state index contributed by atoms with van der Waals surface area (Å²) in [6.45, 7) is 2.36. The van der Waals surface area contributed by atoms with Crippen LogP contribution in [0.5, 0.6) is 0 Å². The molecular formula is C6H15NO3S. The van der Waals surface area contributed by atoms with Crippen LogP contribution >= 0.6 is 0 Å². The molecule has 0 heterocycles. The summed E-state index contributed by atoms with van der Waals surface area (Å²) < 4.78 is 26.0. The second-order valence-corrected chi connectivity index (χ2v) is 4.22. The molecule has 0 saturated heterocycles. The van der Waals surface area contributed by atoms with Crippen LogP contribution in [0.2, 0.25) is 0 Å². The summed E-state index contributed by atoms with van der Waals surface area (Å²) in [6, 6.07) is 0. The lowest BCUT2D eigenvalue weighted by Crippen LogP contribution is -2.25. The van der Waals surface area contributed by atoms with Crippen molar-refractivity contribution in [1.29, 1.82) is 0 Å². The van der Waals surface area contributed by atoms with Gasteiger partial charge in [0.2, 0.25) is 10.0 Å². The van der Waals surface area contributed by atoms with Gasteiger partial charge in [-0.2, -0.15) is 0 Å². The van der Waals surface area contributed by atoms with Crippen LogP contribution in [0.4, 0.5) is 0 Å². The van der Waals surface area contributed by atoms with Crippen molar-refractivity contribution < 1.29 is 13.2 Å². The molecule has 0 aliphatic carbocycles. The zero-order valence-electron chi connectivity index (χ0n) is 6.91. The summed E-state index contributed by atoms with van der Waals surface area (Å²) >= 11 is 0. The summed E-state index contributed by atoms with van der Waals surface area (Å²) in [6.07, 6.45) is 0.768. The minimum Gasteiger partial charge on any atom is -0.384 e. The topological polar surface area (TPSA) is 69.4 Å². The third-order valence-corrected chi connectivity index (χ3v) is 2.38. The summed E-state index contributed by atoms with van der Waals surface area (Å²) in [4.78, 5) is 0. The molecule has 0 aliphatic heterocycles. The Labute approximate surface area is 67.8 Å². The third-order valence-electron chi connectivity index (χ3n) is 1.45. The Hall–Kier alpha value is -0.130. The molecule has 68 valence electrons. The van der Waals surface area contributed by atoms with Gasteiger partial charge in [0.1, 0.15) is 0 Å². The average Bonchev–Trinajstić information content (AvgIpc) is 1.84.